The van der Waals surface area contributed by atoms with Gasteiger partial charge in [0.2, 0.25) is 0 Å². The predicted octanol–water partition coefficient (Wildman–Crippen LogP) is 0.118. The van der Waals surface area contributed by atoms with E-state index in [2.05, 4.69) is 0 Å². The standard InChI is InChI=1S/C10H13NO2/c11-10(7-12,8-13)6-9-4-2-1-3-5-9/h1-5,7,13H,6,8,11H2/t10-/m1/s1. The van der Waals surface area contributed by atoms with Gasteiger partial charge in [-0.2, -0.15) is 0 Å². The fourth-order valence-electron chi connectivity index (χ4n) is 1.11. The van der Waals surface area contributed by atoms with Crippen LogP contribution in [0.25, 0.3) is 0 Å². The van der Waals surface area contributed by atoms with Gasteiger partial charge in [-0.05, 0) is 12.0 Å². The monoisotopic (exact) mass is 179 g/mol. The van der Waals surface area contributed by atoms with E-state index < -0.39 is 5.54 Å². The summed E-state index contributed by atoms with van der Waals surface area (Å²) in [5.74, 6) is 0. The molecule has 70 valence electrons. The van der Waals surface area contributed by atoms with E-state index in [0.29, 0.717) is 12.7 Å². The van der Waals surface area contributed by atoms with Crippen LogP contribution in [0, 0.1) is 0 Å². The summed E-state index contributed by atoms with van der Waals surface area (Å²) in [6.45, 7) is -0.328. The zero-order valence-corrected chi connectivity index (χ0v) is 7.31. The summed E-state index contributed by atoms with van der Waals surface area (Å²) in [4.78, 5) is 10.6. The molecule has 13 heavy (non-hydrogen) atoms. The van der Waals surface area contributed by atoms with Gasteiger partial charge in [0.1, 0.15) is 6.29 Å². The van der Waals surface area contributed by atoms with E-state index in [1.54, 1.807) is 0 Å². The molecule has 3 heteroatoms. The van der Waals surface area contributed by atoms with Crippen LogP contribution in [0.4, 0.5) is 0 Å². The minimum atomic E-state index is -1.14. The molecule has 0 amide bonds. The molecule has 0 spiro atoms. The first-order valence-corrected chi connectivity index (χ1v) is 4.10. The number of nitrogens with two attached hydrogens (primary N) is 1. The minimum Gasteiger partial charge on any atom is -0.394 e. The van der Waals surface area contributed by atoms with Crippen LogP contribution in [0.2, 0.25) is 0 Å². The maximum Gasteiger partial charge on any atom is 0.142 e. The molecule has 0 aliphatic rings. The molecule has 0 heterocycles. The first-order valence-electron chi connectivity index (χ1n) is 4.10. The molecule has 3 nitrogen and oxygen atoms in total. The van der Waals surface area contributed by atoms with Gasteiger partial charge in [0.15, 0.2) is 0 Å². The summed E-state index contributed by atoms with van der Waals surface area (Å²) in [5.41, 5.74) is 5.42. The molecule has 1 aromatic rings. The van der Waals surface area contributed by atoms with Crippen LogP contribution in [0.3, 0.4) is 0 Å². The molecule has 1 aromatic carbocycles. The number of aliphatic hydroxyl groups excluding tert-OH is 1. The molecule has 0 aromatic heterocycles. The van der Waals surface area contributed by atoms with Gasteiger partial charge < -0.3 is 15.6 Å². The lowest BCUT2D eigenvalue weighted by atomic mass is 9.94. The largest absolute Gasteiger partial charge is 0.394 e. The smallest absolute Gasteiger partial charge is 0.142 e. The lowest BCUT2D eigenvalue weighted by Gasteiger charge is -2.19. The van der Waals surface area contributed by atoms with Gasteiger partial charge in [0, 0.05) is 0 Å². The van der Waals surface area contributed by atoms with Crippen LogP contribution in [-0.2, 0) is 11.2 Å². The third kappa shape index (κ3) is 2.65. The van der Waals surface area contributed by atoms with Crippen molar-refractivity contribution in [3.8, 4) is 0 Å². The molecule has 0 bridgehead atoms. The Morgan fingerprint density at radius 1 is 1.38 bits per heavy atom. The number of aldehydes is 1. The van der Waals surface area contributed by atoms with Crippen molar-refractivity contribution in [3.63, 3.8) is 0 Å². The first-order chi connectivity index (χ1) is 6.20. The Hall–Kier alpha value is -1.19. The molecule has 0 saturated carbocycles. The fraction of sp³-hybridized carbons (Fsp3) is 0.300. The molecule has 0 radical (unpaired) electrons. The van der Waals surface area contributed by atoms with Crippen molar-refractivity contribution in [2.75, 3.05) is 6.61 Å². The molecule has 0 saturated heterocycles. The Bertz CT molecular complexity index is 274. The van der Waals surface area contributed by atoms with Crippen LogP contribution in [0.15, 0.2) is 30.3 Å². The molecule has 0 aliphatic carbocycles. The van der Waals surface area contributed by atoms with Crippen molar-refractivity contribution < 1.29 is 9.90 Å². The van der Waals surface area contributed by atoms with Gasteiger partial charge >= 0.3 is 0 Å². The third-order valence-corrected chi connectivity index (χ3v) is 1.91. The molecule has 0 aliphatic heterocycles. The summed E-state index contributed by atoms with van der Waals surface area (Å²) in [6.07, 6.45) is 0.966. The molecule has 1 atom stereocenters. The minimum absolute atomic E-state index is 0.328. The lowest BCUT2D eigenvalue weighted by Crippen LogP contribution is -2.47. The number of rotatable bonds is 4. The van der Waals surface area contributed by atoms with Crippen molar-refractivity contribution in [3.05, 3.63) is 35.9 Å². The van der Waals surface area contributed by atoms with E-state index in [9.17, 15) is 4.79 Å². The van der Waals surface area contributed by atoms with E-state index in [4.69, 9.17) is 10.8 Å². The molecule has 1 rings (SSSR count). The molecular weight excluding hydrogens is 166 g/mol. The topological polar surface area (TPSA) is 63.3 Å². The second-order valence-corrected chi connectivity index (χ2v) is 3.17. The number of benzene rings is 1. The first kappa shape index (κ1) is 9.89. The van der Waals surface area contributed by atoms with Crippen LogP contribution >= 0.6 is 0 Å². The number of hydrogen-bond donors (Lipinski definition) is 2. The van der Waals surface area contributed by atoms with Gasteiger partial charge in [-0.1, -0.05) is 30.3 Å². The average Bonchev–Trinajstić information content (AvgIpc) is 2.19. The van der Waals surface area contributed by atoms with Crippen molar-refractivity contribution in [1.82, 2.24) is 0 Å². The van der Waals surface area contributed by atoms with Crippen molar-refractivity contribution >= 4 is 6.29 Å². The van der Waals surface area contributed by atoms with Gasteiger partial charge in [-0.25, -0.2) is 0 Å². The fourth-order valence-corrected chi connectivity index (χ4v) is 1.11. The van der Waals surface area contributed by atoms with E-state index in [1.165, 1.54) is 0 Å². The third-order valence-electron chi connectivity index (χ3n) is 1.91. The molecule has 0 unspecified atom stereocenters. The second kappa shape index (κ2) is 4.16. The van der Waals surface area contributed by atoms with Crippen molar-refractivity contribution in [2.45, 2.75) is 12.0 Å². The summed E-state index contributed by atoms with van der Waals surface area (Å²) < 4.78 is 0. The zero-order chi connectivity index (χ0) is 9.73. The number of carbonyl (C=O) groups is 1. The van der Waals surface area contributed by atoms with Crippen LogP contribution in [0.1, 0.15) is 5.56 Å². The van der Waals surface area contributed by atoms with E-state index in [0.717, 1.165) is 5.56 Å². The summed E-state index contributed by atoms with van der Waals surface area (Å²) >= 11 is 0. The Balaban J connectivity index is 2.73. The highest BCUT2D eigenvalue weighted by Gasteiger charge is 2.23. The van der Waals surface area contributed by atoms with Crippen LogP contribution < -0.4 is 5.73 Å². The highest BCUT2D eigenvalue weighted by Crippen LogP contribution is 2.07. The van der Waals surface area contributed by atoms with Gasteiger partial charge in [-0.15, -0.1) is 0 Å². The normalized spacial score (nSPS) is 14.9. The highest BCUT2D eigenvalue weighted by atomic mass is 16.3. The summed E-state index contributed by atoms with van der Waals surface area (Å²) in [6, 6.07) is 9.39. The molecular formula is C10H13NO2. The second-order valence-electron chi connectivity index (χ2n) is 3.17. The van der Waals surface area contributed by atoms with Gasteiger partial charge in [0.25, 0.3) is 0 Å². The highest BCUT2D eigenvalue weighted by molar-refractivity contribution is 5.64. The van der Waals surface area contributed by atoms with Crippen molar-refractivity contribution in [1.29, 1.82) is 0 Å². The maximum atomic E-state index is 10.6. The zero-order valence-electron chi connectivity index (χ0n) is 7.31. The Morgan fingerprint density at radius 2 is 2.00 bits per heavy atom. The van der Waals surface area contributed by atoms with Gasteiger partial charge in [0.05, 0.1) is 12.1 Å². The molecule has 0 fully saturated rings. The number of hydrogen-bond acceptors (Lipinski definition) is 3. The maximum absolute atomic E-state index is 10.6. The molecule has 3 N–H and O–H groups in total. The Labute approximate surface area is 77.2 Å². The quantitative estimate of drug-likeness (QED) is 0.645. The average molecular weight is 179 g/mol. The van der Waals surface area contributed by atoms with Crippen molar-refractivity contribution in [2.24, 2.45) is 5.73 Å². The van der Waals surface area contributed by atoms with Gasteiger partial charge in [-0.3, -0.25) is 0 Å². The van der Waals surface area contributed by atoms with E-state index in [-0.39, 0.29) is 6.61 Å². The Morgan fingerprint density at radius 3 is 2.46 bits per heavy atom. The number of carbonyl (C=O) groups excluding carboxylic acids is 1. The predicted molar refractivity (Wildman–Crippen MR) is 50.2 cm³/mol. The van der Waals surface area contributed by atoms with Crippen LogP contribution in [0.5, 0.6) is 0 Å². The summed E-state index contributed by atoms with van der Waals surface area (Å²) in [7, 11) is 0. The number of aliphatic hydroxyl groups is 1. The SMILES string of the molecule is N[C@](C=O)(CO)Cc1ccccc1. The lowest BCUT2D eigenvalue weighted by molar-refractivity contribution is -0.113. The summed E-state index contributed by atoms with van der Waals surface area (Å²) in [5, 5.41) is 8.89. The van der Waals surface area contributed by atoms with E-state index in [1.807, 2.05) is 30.3 Å². The van der Waals surface area contributed by atoms with Crippen LogP contribution in [-0.4, -0.2) is 23.5 Å². The van der Waals surface area contributed by atoms with E-state index >= 15 is 0 Å². The Kier molecular flexibility index (Phi) is 3.17.